The van der Waals surface area contributed by atoms with Crippen LogP contribution in [0.4, 0.5) is 23.4 Å². The Labute approximate surface area is 158 Å². The number of carbonyl (C=O) groups is 1. The molecule has 26 heavy (non-hydrogen) atoms. The largest absolute Gasteiger partial charge is 0.482 e. The molecule has 0 aliphatic carbocycles. The van der Waals surface area contributed by atoms with Crippen LogP contribution in [0, 0.1) is 6.92 Å². The van der Waals surface area contributed by atoms with Crippen molar-refractivity contribution in [2.75, 3.05) is 31.1 Å². The van der Waals surface area contributed by atoms with Gasteiger partial charge in [-0.1, -0.05) is 11.9 Å². The van der Waals surface area contributed by atoms with Crippen LogP contribution in [-0.2, 0) is 11.1 Å². The van der Waals surface area contributed by atoms with E-state index in [0.29, 0.717) is 31.1 Å². The number of hydrogen-bond acceptors (Lipinski definition) is 4. The first-order valence-corrected chi connectivity index (χ1v) is 9.07. The van der Waals surface area contributed by atoms with E-state index in [1.165, 1.54) is 6.07 Å². The van der Waals surface area contributed by atoms with E-state index in [9.17, 15) is 17.7 Å². The quantitative estimate of drug-likeness (QED) is 0.619. The van der Waals surface area contributed by atoms with Gasteiger partial charge in [-0.15, -0.1) is 12.6 Å². The molecule has 0 aromatic heterocycles. The summed E-state index contributed by atoms with van der Waals surface area (Å²) in [5.41, 5.74) is 1.26. The molecule has 0 radical (unpaired) electrons. The highest BCUT2D eigenvalue weighted by Crippen LogP contribution is 2.30. The lowest BCUT2D eigenvalue weighted by molar-refractivity contribution is 0.0240. The summed E-state index contributed by atoms with van der Waals surface area (Å²) < 4.78 is 43.7. The van der Waals surface area contributed by atoms with Crippen LogP contribution >= 0.6 is 12.6 Å². The highest BCUT2D eigenvalue weighted by Gasteiger charge is 2.28. The van der Waals surface area contributed by atoms with Crippen molar-refractivity contribution in [1.82, 2.24) is 4.90 Å². The average Bonchev–Trinajstić information content (AvgIpc) is 2.47. The normalized spacial score (nSPS) is 16.0. The molecule has 9 heteroatoms. The molecule has 1 aliphatic heterocycles. The van der Waals surface area contributed by atoms with Gasteiger partial charge >= 0.3 is 13.1 Å². The van der Waals surface area contributed by atoms with E-state index in [1.54, 1.807) is 11.0 Å². The van der Waals surface area contributed by atoms with E-state index >= 15 is 0 Å². The zero-order valence-corrected chi connectivity index (χ0v) is 16.5. The number of amides is 1. The van der Waals surface area contributed by atoms with Gasteiger partial charge in [-0.2, -0.15) is 0 Å². The van der Waals surface area contributed by atoms with Gasteiger partial charge < -0.3 is 27.5 Å². The molecule has 1 amide bonds. The molecular weight excluding hydrogens is 364 g/mol. The summed E-state index contributed by atoms with van der Waals surface area (Å²) in [6.45, 7) is 4.38. The van der Waals surface area contributed by atoms with E-state index in [1.807, 2.05) is 32.6 Å². The molecule has 1 aromatic carbocycles. The minimum Gasteiger partial charge on any atom is -0.449 e. The topological polar surface area (TPSA) is 32.8 Å². The Morgan fingerprint density at radius 1 is 1.19 bits per heavy atom. The lowest BCUT2D eigenvalue weighted by Gasteiger charge is -2.37. The Kier molecular flexibility index (Phi) is 6.10. The summed E-state index contributed by atoms with van der Waals surface area (Å²) >= 11 is 4.33. The van der Waals surface area contributed by atoms with Crippen LogP contribution in [0.15, 0.2) is 17.0 Å². The maximum atomic E-state index is 12.8. The minimum absolute atomic E-state index is 0.220. The fraction of sp³-hybridized carbons (Fsp3) is 0.588. The van der Waals surface area contributed by atoms with Gasteiger partial charge in [0.25, 0.3) is 0 Å². The SMILES string of the molecule is Cc1c(S)cc(C[B-](F)(F)F)cc1N1CCN(C(=O)OC(C)(C)C)CC1. The Morgan fingerprint density at radius 3 is 2.27 bits per heavy atom. The number of halogens is 3. The summed E-state index contributed by atoms with van der Waals surface area (Å²) in [6.07, 6.45) is -1.28. The van der Waals surface area contributed by atoms with Crippen LogP contribution in [0.2, 0.25) is 0 Å². The van der Waals surface area contributed by atoms with Crippen LogP contribution < -0.4 is 4.90 Å². The summed E-state index contributed by atoms with van der Waals surface area (Å²) in [6, 6.07) is 3.07. The molecule has 146 valence electrons. The van der Waals surface area contributed by atoms with Crippen LogP contribution in [0.3, 0.4) is 0 Å². The fourth-order valence-corrected chi connectivity index (χ4v) is 3.19. The van der Waals surface area contributed by atoms with E-state index in [2.05, 4.69) is 12.6 Å². The van der Waals surface area contributed by atoms with Crippen LogP contribution in [0.1, 0.15) is 31.9 Å². The second kappa shape index (κ2) is 7.62. The Hall–Kier alpha value is -1.51. The molecule has 0 N–H and O–H groups in total. The number of ether oxygens (including phenoxy) is 1. The second-order valence-electron chi connectivity index (χ2n) is 7.63. The van der Waals surface area contributed by atoms with Crippen molar-refractivity contribution in [3.05, 3.63) is 23.3 Å². The third-order valence-electron chi connectivity index (χ3n) is 4.15. The smallest absolute Gasteiger partial charge is 0.449 e. The van der Waals surface area contributed by atoms with Crippen molar-refractivity contribution >= 4 is 31.4 Å². The Balaban J connectivity index is 2.10. The molecule has 2 rings (SSSR count). The van der Waals surface area contributed by atoms with Crippen molar-refractivity contribution in [3.8, 4) is 0 Å². The zero-order chi connectivity index (χ0) is 19.7. The van der Waals surface area contributed by atoms with E-state index in [0.717, 1.165) is 11.3 Å². The first kappa shape index (κ1) is 20.8. The second-order valence-corrected chi connectivity index (χ2v) is 8.11. The maximum absolute atomic E-state index is 12.8. The number of carbonyl (C=O) groups excluding carboxylic acids is 1. The molecule has 0 spiro atoms. The highest BCUT2D eigenvalue weighted by atomic mass is 32.1. The van der Waals surface area contributed by atoms with Crippen molar-refractivity contribution in [2.24, 2.45) is 0 Å². The van der Waals surface area contributed by atoms with E-state index < -0.39 is 18.9 Å². The van der Waals surface area contributed by atoms with Crippen molar-refractivity contribution in [2.45, 2.75) is 44.5 Å². The molecule has 0 atom stereocenters. The third kappa shape index (κ3) is 5.76. The van der Waals surface area contributed by atoms with Crippen molar-refractivity contribution in [3.63, 3.8) is 0 Å². The fourth-order valence-electron chi connectivity index (χ4n) is 2.91. The van der Waals surface area contributed by atoms with Crippen molar-refractivity contribution in [1.29, 1.82) is 0 Å². The Morgan fingerprint density at radius 2 is 1.77 bits per heavy atom. The maximum Gasteiger partial charge on any atom is 0.482 e. The molecule has 0 unspecified atom stereocenters. The van der Waals surface area contributed by atoms with Gasteiger partial charge in [-0.3, -0.25) is 0 Å². The highest BCUT2D eigenvalue weighted by molar-refractivity contribution is 7.80. The number of rotatable bonds is 3. The van der Waals surface area contributed by atoms with Gasteiger partial charge in [-0.25, -0.2) is 4.79 Å². The molecule has 1 heterocycles. The molecule has 4 nitrogen and oxygen atoms in total. The minimum atomic E-state index is -4.90. The molecule has 1 fully saturated rings. The Bertz CT molecular complexity index is 669. The first-order chi connectivity index (χ1) is 11.9. The number of hydrogen-bond donors (Lipinski definition) is 1. The van der Waals surface area contributed by atoms with Crippen LogP contribution in [0.25, 0.3) is 0 Å². The van der Waals surface area contributed by atoms with Crippen molar-refractivity contribution < 1.29 is 22.5 Å². The van der Waals surface area contributed by atoms with E-state index in [4.69, 9.17) is 4.74 Å². The van der Waals surface area contributed by atoms with E-state index in [-0.39, 0.29) is 11.7 Å². The van der Waals surface area contributed by atoms with Gasteiger partial charge in [0, 0.05) is 36.8 Å². The predicted octanol–water partition coefficient (Wildman–Crippen LogP) is 4.27. The zero-order valence-electron chi connectivity index (χ0n) is 15.6. The molecular formula is C17H25BF3N2O2S-. The van der Waals surface area contributed by atoms with Crippen LogP contribution in [0.5, 0.6) is 0 Å². The van der Waals surface area contributed by atoms with Gasteiger partial charge in [0.1, 0.15) is 5.60 Å². The summed E-state index contributed by atoms with van der Waals surface area (Å²) in [5, 5.41) is 0. The van der Waals surface area contributed by atoms with Gasteiger partial charge in [0.2, 0.25) is 0 Å². The molecule has 0 bridgehead atoms. The van der Waals surface area contributed by atoms with Gasteiger partial charge in [0.05, 0.1) is 0 Å². The van der Waals surface area contributed by atoms with Gasteiger partial charge in [0.15, 0.2) is 0 Å². The monoisotopic (exact) mass is 389 g/mol. The standard InChI is InChI=1S/C17H25BF3N2O2S/c1-12-14(9-13(10-15(12)26)11-18(19,20)21)22-5-7-23(8-6-22)16(24)25-17(2,3)4/h9-10,26H,5-8,11H2,1-4H3/q-1. The summed E-state index contributed by atoms with van der Waals surface area (Å²) in [5.74, 6) is 0. The third-order valence-corrected chi connectivity index (χ3v) is 4.62. The first-order valence-electron chi connectivity index (χ1n) is 8.62. The molecule has 1 aromatic rings. The number of anilines is 1. The van der Waals surface area contributed by atoms with Crippen LogP contribution in [-0.4, -0.2) is 49.8 Å². The number of thiol groups is 1. The molecule has 1 saturated heterocycles. The van der Waals surface area contributed by atoms with Gasteiger partial charge in [-0.05, 0) is 45.4 Å². The molecule has 0 saturated carbocycles. The number of nitrogens with zero attached hydrogens (tertiary/aromatic N) is 2. The number of benzene rings is 1. The number of piperazine rings is 1. The average molecular weight is 389 g/mol. The predicted molar refractivity (Wildman–Crippen MR) is 101 cm³/mol. The summed E-state index contributed by atoms with van der Waals surface area (Å²) in [4.78, 5) is 16.3. The molecule has 1 aliphatic rings. The lowest BCUT2D eigenvalue weighted by Crippen LogP contribution is -2.50. The lowest BCUT2D eigenvalue weighted by atomic mass is 9.81. The summed E-state index contributed by atoms with van der Waals surface area (Å²) in [7, 11) is 0.